The van der Waals surface area contributed by atoms with E-state index in [1.165, 1.54) is 0 Å². The Morgan fingerprint density at radius 2 is 1.39 bits per heavy atom. The minimum absolute atomic E-state index is 0.0403. The van der Waals surface area contributed by atoms with Crippen LogP contribution in [0.25, 0.3) is 0 Å². The molecule has 0 radical (unpaired) electrons. The van der Waals surface area contributed by atoms with Gasteiger partial charge in [-0.3, -0.25) is 0 Å². The highest BCUT2D eigenvalue weighted by molar-refractivity contribution is 14.1. The molecule has 0 aliphatic carbocycles. The average Bonchev–Trinajstić information content (AvgIpc) is 2.78. The van der Waals surface area contributed by atoms with Crippen LogP contribution < -0.4 is 0 Å². The number of hydrogen-bond donors (Lipinski definition) is 0. The highest BCUT2D eigenvalue weighted by atomic mass is 127. The summed E-state index contributed by atoms with van der Waals surface area (Å²) in [4.78, 5) is 0.976. The van der Waals surface area contributed by atoms with Gasteiger partial charge in [0.2, 0.25) is 0 Å². The molecule has 1 aliphatic rings. The average molecular weight is 468 g/mol. The maximum atomic E-state index is 13.6. The predicted molar refractivity (Wildman–Crippen MR) is 68.6 cm³/mol. The highest BCUT2D eigenvalue weighted by Crippen LogP contribution is 2.55. The molecule has 0 aromatic heterocycles. The van der Waals surface area contributed by atoms with Crippen LogP contribution in [0.15, 0.2) is 0 Å². The van der Waals surface area contributed by atoms with E-state index in [0.717, 1.165) is 4.90 Å². The van der Waals surface area contributed by atoms with Gasteiger partial charge in [0.1, 0.15) is 0 Å². The summed E-state index contributed by atoms with van der Waals surface area (Å²) in [5, 5.41) is 8.66. The third-order valence-electron chi connectivity index (χ3n) is 3.64. The molecule has 0 aromatic carbocycles. The van der Waals surface area contributed by atoms with E-state index < -0.39 is 48.7 Å². The van der Waals surface area contributed by atoms with Crippen LogP contribution in [0.5, 0.6) is 0 Å². The Morgan fingerprint density at radius 1 is 0.913 bits per heavy atom. The zero-order chi connectivity index (χ0) is 18.3. The van der Waals surface area contributed by atoms with E-state index >= 15 is 0 Å². The molecule has 0 bridgehead atoms. The first kappa shape index (κ1) is 20.4. The second-order valence-electron chi connectivity index (χ2n) is 5.23. The number of nitrogens with zero attached hydrogens (tertiary/aromatic N) is 2. The number of alkyl halides is 10. The van der Waals surface area contributed by atoms with Gasteiger partial charge in [0, 0.05) is 23.9 Å². The Bertz CT molecular complexity index is 471. The highest BCUT2D eigenvalue weighted by Gasteiger charge is 2.81. The lowest BCUT2D eigenvalue weighted by atomic mass is 9.88. The van der Waals surface area contributed by atoms with E-state index in [0.29, 0.717) is 0 Å². The summed E-state index contributed by atoms with van der Waals surface area (Å²) < 4.78 is 115. The van der Waals surface area contributed by atoms with Crippen molar-refractivity contribution in [2.75, 3.05) is 17.5 Å². The molecule has 2 atom stereocenters. The summed E-state index contributed by atoms with van der Waals surface area (Å²) in [5.41, 5.74) is 0. The Balaban J connectivity index is 3.04. The van der Waals surface area contributed by atoms with Crippen molar-refractivity contribution >= 4 is 22.6 Å². The second kappa shape index (κ2) is 6.36. The van der Waals surface area contributed by atoms with Gasteiger partial charge in [-0.15, -0.1) is 0 Å². The maximum Gasteiger partial charge on any atom is 0.460 e. The number of likely N-dealkylation sites (tertiary alicyclic amines) is 1. The van der Waals surface area contributed by atoms with Crippen molar-refractivity contribution < 1.29 is 39.5 Å². The molecule has 134 valence electrons. The number of nitriles is 1. The lowest BCUT2D eigenvalue weighted by Gasteiger charge is -2.35. The van der Waals surface area contributed by atoms with Gasteiger partial charge in [-0.1, -0.05) is 22.6 Å². The summed E-state index contributed by atoms with van der Waals surface area (Å²) in [6, 6.07) is 0. The summed E-state index contributed by atoms with van der Waals surface area (Å²) in [5.74, 6) is -21.0. The van der Waals surface area contributed by atoms with Crippen molar-refractivity contribution in [2.24, 2.45) is 11.8 Å². The van der Waals surface area contributed by atoms with E-state index in [1.807, 2.05) is 0 Å². The van der Waals surface area contributed by atoms with E-state index in [9.17, 15) is 39.5 Å². The summed E-state index contributed by atoms with van der Waals surface area (Å²) in [7, 11) is 0. The zero-order valence-corrected chi connectivity index (χ0v) is 13.3. The largest absolute Gasteiger partial charge is 0.460 e. The van der Waals surface area contributed by atoms with E-state index in [1.54, 1.807) is 28.8 Å². The Kier molecular flexibility index (Phi) is 5.65. The van der Waals surface area contributed by atoms with Crippen LogP contribution in [0, 0.1) is 23.3 Å². The minimum atomic E-state index is -6.86. The molecule has 1 fully saturated rings. The molecule has 1 aliphatic heterocycles. The van der Waals surface area contributed by atoms with Crippen LogP contribution in [0.2, 0.25) is 0 Å². The molecule has 0 spiro atoms. The SMILES string of the molecule is N#CN1C[C@@H](CI)[C@H](CC(F)(F)C(F)(F)C(F)(F)C(F)(F)F)C1. The molecule has 23 heavy (non-hydrogen) atoms. The van der Waals surface area contributed by atoms with Gasteiger partial charge in [0.15, 0.2) is 6.19 Å². The van der Waals surface area contributed by atoms with Crippen LogP contribution in [-0.2, 0) is 0 Å². The predicted octanol–water partition coefficient (Wildman–Crippen LogP) is 4.31. The van der Waals surface area contributed by atoms with Crippen LogP contribution >= 0.6 is 22.6 Å². The second-order valence-corrected chi connectivity index (χ2v) is 6.12. The fraction of sp³-hybridized carbons (Fsp3) is 0.909. The fourth-order valence-corrected chi connectivity index (χ4v) is 3.29. The first-order chi connectivity index (χ1) is 10.2. The van der Waals surface area contributed by atoms with Gasteiger partial charge < -0.3 is 4.90 Å². The molecule has 2 nitrogen and oxygen atoms in total. The van der Waals surface area contributed by atoms with Gasteiger partial charge in [0.25, 0.3) is 0 Å². The van der Waals surface area contributed by atoms with Crippen molar-refractivity contribution in [1.82, 2.24) is 4.90 Å². The number of rotatable bonds is 5. The van der Waals surface area contributed by atoms with Gasteiger partial charge in [-0.2, -0.15) is 44.8 Å². The Labute approximate surface area is 138 Å². The third kappa shape index (κ3) is 3.58. The van der Waals surface area contributed by atoms with Crippen molar-refractivity contribution in [3.63, 3.8) is 0 Å². The normalized spacial score (nSPS) is 24.0. The van der Waals surface area contributed by atoms with E-state index in [-0.39, 0.29) is 11.0 Å². The first-order valence-electron chi connectivity index (χ1n) is 6.12. The standard InChI is InChI=1S/C11H10F9IN2/c12-8(13,9(14,15)10(16,17)11(18,19)20)1-6-3-23(5-22)4-7(6)2-21/h6-7H,1-4H2/t6-,7-/m1/s1. The molecule has 0 N–H and O–H groups in total. The lowest BCUT2D eigenvalue weighted by molar-refractivity contribution is -0.397. The maximum absolute atomic E-state index is 13.6. The Hall–Kier alpha value is -0.610. The monoisotopic (exact) mass is 468 g/mol. The topological polar surface area (TPSA) is 27.0 Å². The van der Waals surface area contributed by atoms with Crippen LogP contribution in [0.4, 0.5) is 39.5 Å². The quantitative estimate of drug-likeness (QED) is 0.261. The zero-order valence-electron chi connectivity index (χ0n) is 11.2. The fourth-order valence-electron chi connectivity index (χ4n) is 2.29. The lowest BCUT2D eigenvalue weighted by Crippen LogP contribution is -2.61. The summed E-state index contributed by atoms with van der Waals surface area (Å²) in [6.45, 7) is -0.436. The molecule has 1 heterocycles. The summed E-state index contributed by atoms with van der Waals surface area (Å²) in [6.07, 6.45) is -7.07. The van der Waals surface area contributed by atoms with Gasteiger partial charge in [-0.25, -0.2) is 0 Å². The smallest absolute Gasteiger partial charge is 0.310 e. The third-order valence-corrected chi connectivity index (χ3v) is 4.78. The van der Waals surface area contributed by atoms with Crippen LogP contribution in [0.3, 0.4) is 0 Å². The van der Waals surface area contributed by atoms with Crippen molar-refractivity contribution in [3.8, 4) is 6.19 Å². The number of halogens is 10. The number of hydrogen-bond acceptors (Lipinski definition) is 2. The molecule has 1 rings (SSSR count). The Morgan fingerprint density at radius 3 is 1.78 bits per heavy atom. The van der Waals surface area contributed by atoms with Gasteiger partial charge >= 0.3 is 23.9 Å². The first-order valence-corrected chi connectivity index (χ1v) is 7.64. The van der Waals surface area contributed by atoms with Crippen molar-refractivity contribution in [2.45, 2.75) is 30.4 Å². The molecular weight excluding hydrogens is 458 g/mol. The molecule has 12 heteroatoms. The minimum Gasteiger partial charge on any atom is -0.310 e. The van der Waals surface area contributed by atoms with E-state index in [4.69, 9.17) is 5.26 Å². The molecule has 0 unspecified atom stereocenters. The van der Waals surface area contributed by atoms with Crippen LogP contribution in [0.1, 0.15) is 6.42 Å². The van der Waals surface area contributed by atoms with E-state index in [2.05, 4.69) is 0 Å². The molecular formula is C11H10F9IN2. The molecule has 0 saturated carbocycles. The van der Waals surface area contributed by atoms with Gasteiger partial charge in [-0.05, 0) is 11.8 Å². The van der Waals surface area contributed by atoms with Gasteiger partial charge in [0.05, 0.1) is 0 Å². The van der Waals surface area contributed by atoms with Crippen LogP contribution in [-0.4, -0.2) is 46.4 Å². The molecule has 0 amide bonds. The molecule has 1 saturated heterocycles. The summed E-state index contributed by atoms with van der Waals surface area (Å²) >= 11 is 1.74. The van der Waals surface area contributed by atoms with Crippen molar-refractivity contribution in [3.05, 3.63) is 0 Å². The molecule has 0 aromatic rings. The van der Waals surface area contributed by atoms with Crippen molar-refractivity contribution in [1.29, 1.82) is 5.26 Å².